The molecule has 0 fully saturated rings. The predicted molar refractivity (Wildman–Crippen MR) is 70.9 cm³/mol. The van der Waals surface area contributed by atoms with Crippen molar-refractivity contribution in [3.63, 3.8) is 0 Å². The lowest BCUT2D eigenvalue weighted by Crippen LogP contribution is -2.20. The maximum atomic E-state index is 11.6. The van der Waals surface area contributed by atoms with Crippen LogP contribution in [0.2, 0.25) is 5.02 Å². The summed E-state index contributed by atoms with van der Waals surface area (Å²) in [5.41, 5.74) is 1.59. The molecule has 1 amide bonds. The molecule has 1 rings (SSSR count). The largest absolute Gasteiger partial charge is 0.376 e. The molecular formula is C12H17ClN2O2. The number of amides is 1. The standard InChI is InChI=1S/C12H17ClN2O2/c1-4-17-8-12(16)14-10-7-9(13)5-6-11(10)15(2)3/h5-7H,4,8H2,1-3H3,(H,14,16). The van der Waals surface area contributed by atoms with Crippen LogP contribution in [0, 0.1) is 0 Å². The number of nitrogens with one attached hydrogen (secondary N) is 1. The summed E-state index contributed by atoms with van der Waals surface area (Å²) in [6, 6.07) is 5.37. The van der Waals surface area contributed by atoms with Crippen molar-refractivity contribution in [3.8, 4) is 0 Å². The van der Waals surface area contributed by atoms with Crippen LogP contribution in [0.3, 0.4) is 0 Å². The van der Waals surface area contributed by atoms with E-state index in [0.717, 1.165) is 5.69 Å². The van der Waals surface area contributed by atoms with Crippen LogP contribution in [0.4, 0.5) is 11.4 Å². The molecule has 0 radical (unpaired) electrons. The normalized spacial score (nSPS) is 10.1. The topological polar surface area (TPSA) is 41.6 Å². The van der Waals surface area contributed by atoms with E-state index in [1.54, 1.807) is 12.1 Å². The van der Waals surface area contributed by atoms with Crippen molar-refractivity contribution in [1.29, 1.82) is 0 Å². The van der Waals surface area contributed by atoms with Gasteiger partial charge in [-0.15, -0.1) is 0 Å². The maximum absolute atomic E-state index is 11.6. The van der Waals surface area contributed by atoms with Gasteiger partial charge >= 0.3 is 0 Å². The average molecular weight is 257 g/mol. The number of carbonyl (C=O) groups is 1. The third-order valence-electron chi connectivity index (χ3n) is 2.15. The molecule has 0 unspecified atom stereocenters. The summed E-state index contributed by atoms with van der Waals surface area (Å²) >= 11 is 5.91. The Morgan fingerprint density at radius 3 is 2.76 bits per heavy atom. The lowest BCUT2D eigenvalue weighted by atomic mass is 10.2. The first-order valence-electron chi connectivity index (χ1n) is 5.39. The summed E-state index contributed by atoms with van der Waals surface area (Å²) in [6.07, 6.45) is 0. The summed E-state index contributed by atoms with van der Waals surface area (Å²) < 4.78 is 5.04. The molecule has 5 heteroatoms. The lowest BCUT2D eigenvalue weighted by Gasteiger charge is -2.18. The number of benzene rings is 1. The summed E-state index contributed by atoms with van der Waals surface area (Å²) in [5, 5.41) is 3.36. The molecule has 4 nitrogen and oxygen atoms in total. The third kappa shape index (κ3) is 4.24. The molecule has 1 aromatic rings. The number of nitrogens with zero attached hydrogens (tertiary/aromatic N) is 1. The minimum Gasteiger partial charge on any atom is -0.376 e. The van der Waals surface area contributed by atoms with Crippen molar-refractivity contribution in [2.24, 2.45) is 0 Å². The zero-order valence-corrected chi connectivity index (χ0v) is 11.0. The number of hydrogen-bond donors (Lipinski definition) is 1. The molecule has 0 saturated heterocycles. The van der Waals surface area contributed by atoms with Gasteiger partial charge in [0.1, 0.15) is 6.61 Å². The Labute approximate surface area is 107 Å². The SMILES string of the molecule is CCOCC(=O)Nc1cc(Cl)ccc1N(C)C. The van der Waals surface area contributed by atoms with Crippen LogP contribution < -0.4 is 10.2 Å². The molecule has 0 atom stereocenters. The van der Waals surface area contributed by atoms with E-state index in [1.807, 2.05) is 32.0 Å². The van der Waals surface area contributed by atoms with Crippen LogP contribution >= 0.6 is 11.6 Å². The van der Waals surface area contributed by atoms with Gasteiger partial charge in [0, 0.05) is 25.7 Å². The molecule has 0 aliphatic heterocycles. The Morgan fingerprint density at radius 2 is 2.18 bits per heavy atom. The van der Waals surface area contributed by atoms with Gasteiger partial charge in [0.25, 0.3) is 0 Å². The zero-order chi connectivity index (χ0) is 12.8. The van der Waals surface area contributed by atoms with Gasteiger partial charge in [0.2, 0.25) is 5.91 Å². The van der Waals surface area contributed by atoms with E-state index in [1.165, 1.54) is 0 Å². The molecular weight excluding hydrogens is 240 g/mol. The first-order chi connectivity index (χ1) is 8.04. The van der Waals surface area contributed by atoms with Crippen LogP contribution in [-0.4, -0.2) is 33.2 Å². The zero-order valence-electron chi connectivity index (χ0n) is 10.3. The van der Waals surface area contributed by atoms with E-state index < -0.39 is 0 Å². The number of rotatable bonds is 5. The quantitative estimate of drug-likeness (QED) is 0.880. The fourth-order valence-corrected chi connectivity index (χ4v) is 1.55. The molecule has 1 N–H and O–H groups in total. The monoisotopic (exact) mass is 256 g/mol. The second-order valence-electron chi connectivity index (χ2n) is 3.74. The highest BCUT2D eigenvalue weighted by Crippen LogP contribution is 2.27. The summed E-state index contributed by atoms with van der Waals surface area (Å²) in [5.74, 6) is -0.183. The summed E-state index contributed by atoms with van der Waals surface area (Å²) in [6.45, 7) is 2.41. The number of anilines is 2. The van der Waals surface area contributed by atoms with Gasteiger partial charge in [-0.3, -0.25) is 4.79 Å². The van der Waals surface area contributed by atoms with Crippen LogP contribution in [0.1, 0.15) is 6.92 Å². The smallest absolute Gasteiger partial charge is 0.250 e. The third-order valence-corrected chi connectivity index (χ3v) is 2.39. The Balaban J connectivity index is 2.81. The van der Waals surface area contributed by atoms with Gasteiger partial charge in [-0.25, -0.2) is 0 Å². The molecule has 0 spiro atoms. The van der Waals surface area contributed by atoms with Crippen molar-refractivity contribution in [2.75, 3.05) is 37.5 Å². The predicted octanol–water partition coefficient (Wildman–Crippen LogP) is 2.38. The van der Waals surface area contributed by atoms with Crippen molar-refractivity contribution >= 4 is 28.9 Å². The van der Waals surface area contributed by atoms with Gasteiger partial charge in [-0.2, -0.15) is 0 Å². The van der Waals surface area contributed by atoms with Crippen LogP contribution in [0.5, 0.6) is 0 Å². The molecule has 0 aromatic heterocycles. The highest BCUT2D eigenvalue weighted by molar-refractivity contribution is 6.31. The lowest BCUT2D eigenvalue weighted by molar-refractivity contribution is -0.120. The second-order valence-corrected chi connectivity index (χ2v) is 4.18. The Hall–Kier alpha value is -1.26. The Kier molecular flexibility index (Phi) is 5.25. The van der Waals surface area contributed by atoms with E-state index in [0.29, 0.717) is 17.3 Å². The minimum atomic E-state index is -0.183. The minimum absolute atomic E-state index is 0.0515. The maximum Gasteiger partial charge on any atom is 0.250 e. The van der Waals surface area contributed by atoms with Crippen molar-refractivity contribution in [1.82, 2.24) is 0 Å². The number of halogens is 1. The van der Waals surface area contributed by atoms with E-state index in [2.05, 4.69) is 5.32 Å². The van der Waals surface area contributed by atoms with E-state index in [4.69, 9.17) is 16.3 Å². The van der Waals surface area contributed by atoms with Crippen molar-refractivity contribution in [3.05, 3.63) is 23.2 Å². The highest BCUT2D eigenvalue weighted by atomic mass is 35.5. The van der Waals surface area contributed by atoms with Gasteiger partial charge in [-0.05, 0) is 25.1 Å². The molecule has 94 valence electrons. The Morgan fingerprint density at radius 1 is 1.47 bits per heavy atom. The first kappa shape index (κ1) is 13.8. The summed E-state index contributed by atoms with van der Waals surface area (Å²) in [4.78, 5) is 13.5. The fourth-order valence-electron chi connectivity index (χ4n) is 1.38. The molecule has 1 aromatic carbocycles. The average Bonchev–Trinajstić information content (AvgIpc) is 2.26. The number of hydrogen-bond acceptors (Lipinski definition) is 3. The molecule has 0 aliphatic rings. The fraction of sp³-hybridized carbons (Fsp3) is 0.417. The highest BCUT2D eigenvalue weighted by Gasteiger charge is 2.09. The molecule has 17 heavy (non-hydrogen) atoms. The van der Waals surface area contributed by atoms with E-state index in [-0.39, 0.29) is 12.5 Å². The molecule has 0 aliphatic carbocycles. The van der Waals surface area contributed by atoms with E-state index in [9.17, 15) is 4.79 Å². The Bertz CT molecular complexity index is 394. The number of ether oxygens (including phenoxy) is 1. The van der Waals surface area contributed by atoms with Gasteiger partial charge < -0.3 is 15.0 Å². The first-order valence-corrected chi connectivity index (χ1v) is 5.77. The summed E-state index contributed by atoms with van der Waals surface area (Å²) in [7, 11) is 3.81. The van der Waals surface area contributed by atoms with Crippen molar-refractivity contribution < 1.29 is 9.53 Å². The van der Waals surface area contributed by atoms with Crippen LogP contribution in [0.15, 0.2) is 18.2 Å². The van der Waals surface area contributed by atoms with Crippen LogP contribution in [0.25, 0.3) is 0 Å². The number of carbonyl (C=O) groups excluding carboxylic acids is 1. The molecule has 0 bridgehead atoms. The van der Waals surface area contributed by atoms with Crippen molar-refractivity contribution in [2.45, 2.75) is 6.92 Å². The van der Waals surface area contributed by atoms with Gasteiger partial charge in [0.15, 0.2) is 0 Å². The molecule has 0 saturated carbocycles. The second kappa shape index (κ2) is 6.47. The van der Waals surface area contributed by atoms with Gasteiger partial charge in [0.05, 0.1) is 11.4 Å². The van der Waals surface area contributed by atoms with E-state index >= 15 is 0 Å². The van der Waals surface area contributed by atoms with Crippen LogP contribution in [-0.2, 0) is 9.53 Å². The van der Waals surface area contributed by atoms with Gasteiger partial charge in [-0.1, -0.05) is 11.6 Å². The molecule has 0 heterocycles.